The number of hydrogen-bond acceptors (Lipinski definition) is 5. The minimum absolute atomic E-state index is 0.0892. The lowest BCUT2D eigenvalue weighted by atomic mass is 10.0. The molecule has 7 heteroatoms. The van der Waals surface area contributed by atoms with E-state index >= 15 is 0 Å². The zero-order chi connectivity index (χ0) is 19.4. The highest BCUT2D eigenvalue weighted by atomic mass is 32.1. The Bertz CT molecular complexity index is 964. The summed E-state index contributed by atoms with van der Waals surface area (Å²) in [6.07, 6.45) is 0. The summed E-state index contributed by atoms with van der Waals surface area (Å²) < 4.78 is 6.41. The smallest absolute Gasteiger partial charge is 0.264 e. The molecule has 0 spiro atoms. The maximum Gasteiger partial charge on any atom is 0.264 e. The monoisotopic (exact) mass is 383 g/mol. The Morgan fingerprint density at radius 1 is 1.11 bits per heavy atom. The first-order valence-corrected chi connectivity index (χ1v) is 9.43. The summed E-state index contributed by atoms with van der Waals surface area (Å²) >= 11 is 1.34. The van der Waals surface area contributed by atoms with E-state index in [0.717, 1.165) is 10.2 Å². The van der Waals surface area contributed by atoms with E-state index in [2.05, 4.69) is 29.5 Å². The first kappa shape index (κ1) is 18.8. The van der Waals surface area contributed by atoms with Crippen molar-refractivity contribution in [2.24, 2.45) is 0 Å². The van der Waals surface area contributed by atoms with Gasteiger partial charge in [0.25, 0.3) is 5.91 Å². The first-order valence-electron chi connectivity index (χ1n) is 8.61. The first-order chi connectivity index (χ1) is 12.9. The number of anilines is 2. The molecule has 3 rings (SSSR count). The summed E-state index contributed by atoms with van der Waals surface area (Å²) in [5.41, 5.74) is 2.68. The van der Waals surface area contributed by atoms with Crippen LogP contribution in [0.1, 0.15) is 32.3 Å². The molecule has 0 fully saturated rings. The summed E-state index contributed by atoms with van der Waals surface area (Å²) in [6, 6.07) is 13.1. The predicted molar refractivity (Wildman–Crippen MR) is 109 cm³/mol. The molecule has 0 atom stereocenters. The molecule has 0 aliphatic carbocycles. The second-order valence-electron chi connectivity index (χ2n) is 6.44. The van der Waals surface area contributed by atoms with Crippen molar-refractivity contribution in [2.75, 3.05) is 17.2 Å². The van der Waals surface area contributed by atoms with Gasteiger partial charge in [0, 0.05) is 12.6 Å². The lowest BCUT2D eigenvalue weighted by Gasteiger charge is -2.08. The number of nitrogens with zero attached hydrogens (tertiary/aromatic N) is 1. The van der Waals surface area contributed by atoms with Gasteiger partial charge in [0.2, 0.25) is 5.91 Å². The molecule has 0 saturated heterocycles. The number of benzene rings is 2. The number of carbonyl (C=O) groups is 2. The zero-order valence-electron chi connectivity index (χ0n) is 15.4. The Hall–Kier alpha value is -2.93. The van der Waals surface area contributed by atoms with Crippen LogP contribution in [0.25, 0.3) is 10.2 Å². The normalized spacial score (nSPS) is 10.8. The van der Waals surface area contributed by atoms with E-state index in [1.807, 2.05) is 30.3 Å². The van der Waals surface area contributed by atoms with Crippen LogP contribution in [0.4, 0.5) is 10.8 Å². The van der Waals surface area contributed by atoms with E-state index in [0.29, 0.717) is 22.5 Å². The third-order valence-corrected chi connectivity index (χ3v) is 4.81. The van der Waals surface area contributed by atoms with Crippen LogP contribution in [0, 0.1) is 0 Å². The molecule has 6 nitrogen and oxygen atoms in total. The van der Waals surface area contributed by atoms with Crippen molar-refractivity contribution in [3.8, 4) is 5.75 Å². The molecular weight excluding hydrogens is 362 g/mol. The molecular formula is C20H21N3O3S. The van der Waals surface area contributed by atoms with Gasteiger partial charge in [-0.2, -0.15) is 0 Å². The maximum atomic E-state index is 12.1. The zero-order valence-corrected chi connectivity index (χ0v) is 16.2. The van der Waals surface area contributed by atoms with Crippen LogP contribution < -0.4 is 15.4 Å². The molecule has 0 radical (unpaired) electrons. The van der Waals surface area contributed by atoms with Crippen molar-refractivity contribution in [2.45, 2.75) is 26.7 Å². The van der Waals surface area contributed by atoms with Crippen molar-refractivity contribution in [3.63, 3.8) is 0 Å². The van der Waals surface area contributed by atoms with Gasteiger partial charge in [0.15, 0.2) is 11.7 Å². The van der Waals surface area contributed by atoms with Gasteiger partial charge < -0.3 is 10.1 Å². The number of nitrogens with one attached hydrogen (secondary N) is 2. The molecule has 0 aliphatic rings. The SMILES string of the molecule is CC(=O)Nc1ccc2nc(NC(=O)COc3ccc(C(C)C)cc3)sc2c1. The highest BCUT2D eigenvalue weighted by molar-refractivity contribution is 7.22. The number of ether oxygens (including phenoxy) is 1. The lowest BCUT2D eigenvalue weighted by Crippen LogP contribution is -2.20. The molecule has 1 heterocycles. The third-order valence-electron chi connectivity index (χ3n) is 3.87. The predicted octanol–water partition coefficient (Wildman–Crippen LogP) is 4.40. The topological polar surface area (TPSA) is 80.3 Å². The van der Waals surface area contributed by atoms with E-state index in [1.165, 1.54) is 23.8 Å². The summed E-state index contributed by atoms with van der Waals surface area (Å²) in [5.74, 6) is 0.696. The minimum atomic E-state index is -0.274. The van der Waals surface area contributed by atoms with E-state index in [4.69, 9.17) is 4.74 Å². The molecule has 140 valence electrons. The van der Waals surface area contributed by atoms with Gasteiger partial charge in [-0.25, -0.2) is 4.98 Å². The number of carbonyl (C=O) groups excluding carboxylic acids is 2. The second-order valence-corrected chi connectivity index (χ2v) is 7.47. The largest absolute Gasteiger partial charge is 0.484 e. The number of thiazole rings is 1. The van der Waals surface area contributed by atoms with E-state index in [9.17, 15) is 9.59 Å². The maximum absolute atomic E-state index is 12.1. The Balaban J connectivity index is 1.59. The molecule has 2 amide bonds. The van der Waals surface area contributed by atoms with Crippen molar-refractivity contribution in [3.05, 3.63) is 48.0 Å². The molecule has 0 bridgehead atoms. The molecule has 2 aromatic carbocycles. The van der Waals surface area contributed by atoms with Crippen LogP contribution in [0.5, 0.6) is 5.75 Å². The van der Waals surface area contributed by atoms with Crippen LogP contribution >= 0.6 is 11.3 Å². The van der Waals surface area contributed by atoms with Gasteiger partial charge >= 0.3 is 0 Å². The van der Waals surface area contributed by atoms with E-state index in [1.54, 1.807) is 12.1 Å². The number of amides is 2. The van der Waals surface area contributed by atoms with Crippen molar-refractivity contribution in [1.29, 1.82) is 0 Å². The van der Waals surface area contributed by atoms with Gasteiger partial charge in [-0.05, 0) is 41.8 Å². The van der Waals surface area contributed by atoms with E-state index in [-0.39, 0.29) is 18.4 Å². The summed E-state index contributed by atoms with van der Waals surface area (Å²) in [6.45, 7) is 5.62. The molecule has 0 aliphatic heterocycles. The number of aromatic nitrogens is 1. The second kappa shape index (κ2) is 8.18. The molecule has 0 unspecified atom stereocenters. The van der Waals surface area contributed by atoms with Gasteiger partial charge in [-0.3, -0.25) is 14.9 Å². The van der Waals surface area contributed by atoms with Crippen molar-refractivity contribution >= 4 is 44.2 Å². The van der Waals surface area contributed by atoms with Crippen molar-refractivity contribution < 1.29 is 14.3 Å². The van der Waals surface area contributed by atoms with Crippen LogP contribution in [-0.2, 0) is 9.59 Å². The standard InChI is InChI=1S/C20H21N3O3S/c1-12(2)14-4-7-16(8-5-14)26-11-19(25)23-20-22-17-9-6-15(21-13(3)24)10-18(17)27-20/h4-10,12H,11H2,1-3H3,(H,21,24)(H,22,23,25). The van der Waals surface area contributed by atoms with Gasteiger partial charge in [-0.1, -0.05) is 37.3 Å². The summed E-state index contributed by atoms with van der Waals surface area (Å²) in [4.78, 5) is 27.6. The molecule has 3 aromatic rings. The van der Waals surface area contributed by atoms with Gasteiger partial charge in [0.05, 0.1) is 10.2 Å². The highest BCUT2D eigenvalue weighted by Crippen LogP contribution is 2.28. The van der Waals surface area contributed by atoms with Gasteiger partial charge in [0.1, 0.15) is 5.75 Å². The Labute approximate surface area is 161 Å². The van der Waals surface area contributed by atoms with Crippen LogP contribution in [0.2, 0.25) is 0 Å². The van der Waals surface area contributed by atoms with Crippen LogP contribution in [0.3, 0.4) is 0 Å². The minimum Gasteiger partial charge on any atom is -0.484 e. The summed E-state index contributed by atoms with van der Waals surface area (Å²) in [5, 5.41) is 5.97. The summed E-state index contributed by atoms with van der Waals surface area (Å²) in [7, 11) is 0. The molecule has 2 N–H and O–H groups in total. The van der Waals surface area contributed by atoms with Crippen LogP contribution in [-0.4, -0.2) is 23.4 Å². The van der Waals surface area contributed by atoms with E-state index < -0.39 is 0 Å². The molecule has 1 aromatic heterocycles. The Morgan fingerprint density at radius 3 is 2.52 bits per heavy atom. The molecule has 0 saturated carbocycles. The molecule has 27 heavy (non-hydrogen) atoms. The average molecular weight is 383 g/mol. The quantitative estimate of drug-likeness (QED) is 0.661. The lowest BCUT2D eigenvalue weighted by molar-refractivity contribution is -0.118. The number of hydrogen-bond donors (Lipinski definition) is 2. The average Bonchev–Trinajstić information content (AvgIpc) is 3.01. The fraction of sp³-hybridized carbons (Fsp3) is 0.250. The Kier molecular flexibility index (Phi) is 5.71. The fourth-order valence-electron chi connectivity index (χ4n) is 2.51. The van der Waals surface area contributed by atoms with Crippen molar-refractivity contribution in [1.82, 2.24) is 4.98 Å². The Morgan fingerprint density at radius 2 is 1.85 bits per heavy atom. The van der Waals surface area contributed by atoms with Crippen LogP contribution in [0.15, 0.2) is 42.5 Å². The highest BCUT2D eigenvalue weighted by Gasteiger charge is 2.10. The third kappa shape index (κ3) is 5.04. The number of fused-ring (bicyclic) bond motifs is 1. The number of rotatable bonds is 6. The van der Waals surface area contributed by atoms with Gasteiger partial charge in [-0.15, -0.1) is 0 Å². The fourth-order valence-corrected chi connectivity index (χ4v) is 3.43.